The van der Waals surface area contributed by atoms with Gasteiger partial charge in [-0.25, -0.2) is 9.48 Å². The molecule has 0 amide bonds. The molecule has 1 aliphatic rings. The molecule has 1 atom stereocenters. The van der Waals surface area contributed by atoms with E-state index in [1.807, 2.05) is 22.9 Å². The van der Waals surface area contributed by atoms with Crippen LogP contribution in [0.1, 0.15) is 31.1 Å². The topological polar surface area (TPSA) is 64.3 Å². The summed E-state index contributed by atoms with van der Waals surface area (Å²) < 4.78 is 7.66. The molecule has 1 unspecified atom stereocenters. The van der Waals surface area contributed by atoms with E-state index in [9.17, 15) is 4.79 Å². The summed E-state index contributed by atoms with van der Waals surface area (Å²) in [7, 11) is 0. The van der Waals surface area contributed by atoms with E-state index < -0.39 is 5.97 Å². The Bertz CT molecular complexity index is 654. The highest BCUT2D eigenvalue weighted by molar-refractivity contribution is 5.87. The lowest BCUT2D eigenvalue weighted by molar-refractivity contribution is -0.131. The molecule has 0 spiro atoms. The highest BCUT2D eigenvalue weighted by Crippen LogP contribution is 2.26. The van der Waals surface area contributed by atoms with E-state index in [0.29, 0.717) is 0 Å². The van der Waals surface area contributed by atoms with Crippen LogP contribution in [0.4, 0.5) is 0 Å². The minimum absolute atomic E-state index is 0.0154. The minimum Gasteiger partial charge on any atom is -0.478 e. The molecule has 0 saturated carbocycles. The normalized spacial score (nSPS) is 19.7. The summed E-state index contributed by atoms with van der Waals surface area (Å²) in [5.74, 6) is -0.948. The maximum Gasteiger partial charge on any atom is 0.328 e. The Hall–Kier alpha value is -2.14. The SMILES string of the molecule is O=C(O)C=Cc1ccc2c(cnn2C2CCCCO2)c1. The number of rotatable bonds is 3. The van der Waals surface area contributed by atoms with Crippen molar-refractivity contribution in [3.63, 3.8) is 0 Å². The van der Waals surface area contributed by atoms with Gasteiger partial charge in [0.1, 0.15) is 0 Å². The summed E-state index contributed by atoms with van der Waals surface area (Å²) in [4.78, 5) is 10.5. The van der Waals surface area contributed by atoms with Gasteiger partial charge in [-0.1, -0.05) is 6.07 Å². The minimum atomic E-state index is -0.948. The summed E-state index contributed by atoms with van der Waals surface area (Å²) in [6.07, 6.45) is 7.78. The molecule has 3 rings (SSSR count). The first-order valence-corrected chi connectivity index (χ1v) is 6.74. The van der Waals surface area contributed by atoms with Gasteiger partial charge in [0.2, 0.25) is 0 Å². The van der Waals surface area contributed by atoms with Gasteiger partial charge in [-0.3, -0.25) is 0 Å². The second kappa shape index (κ2) is 5.46. The van der Waals surface area contributed by atoms with Crippen LogP contribution in [0.3, 0.4) is 0 Å². The zero-order valence-corrected chi connectivity index (χ0v) is 11.0. The second-order valence-electron chi connectivity index (χ2n) is 4.90. The molecule has 1 aromatic carbocycles. The average Bonchev–Trinajstić information content (AvgIpc) is 2.89. The van der Waals surface area contributed by atoms with Gasteiger partial charge in [0, 0.05) is 18.1 Å². The molecule has 0 radical (unpaired) electrons. The second-order valence-corrected chi connectivity index (χ2v) is 4.90. The van der Waals surface area contributed by atoms with Crippen molar-refractivity contribution in [2.75, 3.05) is 6.61 Å². The molecule has 1 fully saturated rings. The van der Waals surface area contributed by atoms with E-state index in [2.05, 4.69) is 5.10 Å². The van der Waals surface area contributed by atoms with Crippen molar-refractivity contribution in [1.29, 1.82) is 0 Å². The number of aliphatic carboxylic acids is 1. The van der Waals surface area contributed by atoms with Gasteiger partial charge in [0.15, 0.2) is 6.23 Å². The van der Waals surface area contributed by atoms with Crippen molar-refractivity contribution >= 4 is 22.9 Å². The van der Waals surface area contributed by atoms with Crippen LogP contribution in [0.5, 0.6) is 0 Å². The number of aromatic nitrogens is 2. The Morgan fingerprint density at radius 1 is 1.45 bits per heavy atom. The zero-order valence-electron chi connectivity index (χ0n) is 11.0. The molecule has 2 aromatic rings. The van der Waals surface area contributed by atoms with Crippen LogP contribution in [0.2, 0.25) is 0 Å². The molecule has 5 heteroatoms. The predicted molar refractivity (Wildman–Crippen MR) is 75.2 cm³/mol. The summed E-state index contributed by atoms with van der Waals surface area (Å²) in [6, 6.07) is 5.78. The van der Waals surface area contributed by atoms with Gasteiger partial charge in [0.05, 0.1) is 11.7 Å². The zero-order chi connectivity index (χ0) is 13.9. The monoisotopic (exact) mass is 272 g/mol. The van der Waals surface area contributed by atoms with Crippen molar-refractivity contribution in [3.8, 4) is 0 Å². The third-order valence-electron chi connectivity index (χ3n) is 3.47. The summed E-state index contributed by atoms with van der Waals surface area (Å²) in [5.41, 5.74) is 1.87. The summed E-state index contributed by atoms with van der Waals surface area (Å²) >= 11 is 0. The number of nitrogens with zero attached hydrogens (tertiary/aromatic N) is 2. The molecule has 1 aliphatic heterocycles. The van der Waals surface area contributed by atoms with Crippen LogP contribution in [-0.2, 0) is 9.53 Å². The molecule has 0 bridgehead atoms. The molecular formula is C15H16N2O3. The lowest BCUT2D eigenvalue weighted by atomic mass is 10.1. The number of benzene rings is 1. The van der Waals surface area contributed by atoms with Crippen LogP contribution in [-0.4, -0.2) is 27.5 Å². The van der Waals surface area contributed by atoms with Crippen LogP contribution in [0, 0.1) is 0 Å². The molecule has 1 saturated heterocycles. The molecule has 20 heavy (non-hydrogen) atoms. The quantitative estimate of drug-likeness (QED) is 0.873. The van der Waals surface area contributed by atoms with Crippen molar-refractivity contribution in [2.45, 2.75) is 25.5 Å². The maximum atomic E-state index is 10.5. The third-order valence-corrected chi connectivity index (χ3v) is 3.47. The Morgan fingerprint density at radius 2 is 2.35 bits per heavy atom. The molecule has 5 nitrogen and oxygen atoms in total. The van der Waals surface area contributed by atoms with Gasteiger partial charge in [-0.2, -0.15) is 5.10 Å². The van der Waals surface area contributed by atoms with Crippen molar-refractivity contribution < 1.29 is 14.6 Å². The number of carboxylic acids is 1. The number of carboxylic acid groups (broad SMARTS) is 1. The van der Waals surface area contributed by atoms with Crippen molar-refractivity contribution in [3.05, 3.63) is 36.0 Å². The Morgan fingerprint density at radius 3 is 3.10 bits per heavy atom. The maximum absolute atomic E-state index is 10.5. The fraction of sp³-hybridized carbons (Fsp3) is 0.333. The van der Waals surface area contributed by atoms with Crippen LogP contribution >= 0.6 is 0 Å². The molecular weight excluding hydrogens is 256 g/mol. The summed E-state index contributed by atoms with van der Waals surface area (Å²) in [5, 5.41) is 14.0. The standard InChI is InChI=1S/C15H16N2O3/c18-15(19)7-5-11-4-6-13-12(9-11)10-16-17(13)14-3-1-2-8-20-14/h4-7,9-10,14H,1-3,8H2,(H,18,19). The van der Waals surface area contributed by atoms with Gasteiger partial charge < -0.3 is 9.84 Å². The lowest BCUT2D eigenvalue weighted by Crippen LogP contribution is -2.18. The lowest BCUT2D eigenvalue weighted by Gasteiger charge is -2.23. The van der Waals surface area contributed by atoms with E-state index in [0.717, 1.165) is 48.4 Å². The summed E-state index contributed by atoms with van der Waals surface area (Å²) in [6.45, 7) is 0.783. The predicted octanol–water partition coefficient (Wildman–Crippen LogP) is 2.83. The number of ether oxygens (including phenoxy) is 1. The van der Waals surface area contributed by atoms with E-state index >= 15 is 0 Å². The molecule has 2 heterocycles. The largest absolute Gasteiger partial charge is 0.478 e. The number of carbonyl (C=O) groups is 1. The first-order valence-electron chi connectivity index (χ1n) is 6.74. The van der Waals surface area contributed by atoms with Gasteiger partial charge >= 0.3 is 5.97 Å². The third kappa shape index (κ3) is 2.58. The van der Waals surface area contributed by atoms with E-state index in [1.165, 1.54) is 0 Å². The van der Waals surface area contributed by atoms with E-state index in [-0.39, 0.29) is 6.23 Å². The molecule has 1 aromatic heterocycles. The fourth-order valence-electron chi connectivity index (χ4n) is 2.49. The smallest absolute Gasteiger partial charge is 0.328 e. The highest BCUT2D eigenvalue weighted by atomic mass is 16.5. The van der Waals surface area contributed by atoms with Gasteiger partial charge in [-0.15, -0.1) is 0 Å². The van der Waals surface area contributed by atoms with Crippen LogP contribution in [0.15, 0.2) is 30.5 Å². The Kier molecular flexibility index (Phi) is 3.52. The van der Waals surface area contributed by atoms with E-state index in [1.54, 1.807) is 12.3 Å². The van der Waals surface area contributed by atoms with Gasteiger partial charge in [-0.05, 0) is 43.0 Å². The number of hydrogen-bond donors (Lipinski definition) is 1. The number of fused-ring (bicyclic) bond motifs is 1. The number of hydrogen-bond acceptors (Lipinski definition) is 3. The van der Waals surface area contributed by atoms with Crippen molar-refractivity contribution in [2.24, 2.45) is 0 Å². The fourth-order valence-corrected chi connectivity index (χ4v) is 2.49. The van der Waals surface area contributed by atoms with Crippen molar-refractivity contribution in [1.82, 2.24) is 9.78 Å². The van der Waals surface area contributed by atoms with E-state index in [4.69, 9.17) is 9.84 Å². The Labute approximate surface area is 116 Å². The van der Waals surface area contributed by atoms with Crippen LogP contribution < -0.4 is 0 Å². The molecule has 104 valence electrons. The average molecular weight is 272 g/mol. The van der Waals surface area contributed by atoms with Crippen LogP contribution in [0.25, 0.3) is 17.0 Å². The Balaban J connectivity index is 1.91. The highest BCUT2D eigenvalue weighted by Gasteiger charge is 2.18. The molecule has 0 aliphatic carbocycles. The first kappa shape index (κ1) is 12.9. The first-order chi connectivity index (χ1) is 9.74. The van der Waals surface area contributed by atoms with Gasteiger partial charge in [0.25, 0.3) is 0 Å². The molecule has 1 N–H and O–H groups in total.